The van der Waals surface area contributed by atoms with Crippen molar-refractivity contribution in [3.8, 4) is 0 Å². The third-order valence-corrected chi connectivity index (χ3v) is 4.70. The number of nitrogens with zero attached hydrogens (tertiary/aromatic N) is 4. The predicted octanol–water partition coefficient (Wildman–Crippen LogP) is 3.40. The summed E-state index contributed by atoms with van der Waals surface area (Å²) in [6.07, 6.45) is 1.33. The zero-order chi connectivity index (χ0) is 22.5. The number of carbonyl (C=O) groups is 2. The van der Waals surface area contributed by atoms with Gasteiger partial charge in [-0.2, -0.15) is 5.10 Å². The van der Waals surface area contributed by atoms with Crippen LogP contribution in [-0.4, -0.2) is 35.2 Å². The normalized spacial score (nSPS) is 14.1. The van der Waals surface area contributed by atoms with Gasteiger partial charge < -0.3 is 5.32 Å². The smallest absolute Gasteiger partial charge is 0.279 e. The third-order valence-electron chi connectivity index (χ3n) is 4.70. The maximum absolute atomic E-state index is 13.0. The number of anilines is 2. The number of carbonyl (C=O) groups excluding carboxylic acids is 2. The molecule has 1 heterocycles. The van der Waals surface area contributed by atoms with E-state index in [4.69, 9.17) is 0 Å². The number of para-hydroxylation sites is 2. The summed E-state index contributed by atoms with van der Waals surface area (Å²) in [5.74, 6) is -0.800. The Hall–Kier alpha value is -4.66. The van der Waals surface area contributed by atoms with Crippen LogP contribution in [0.1, 0.15) is 11.1 Å². The molecule has 9 nitrogen and oxygen atoms in total. The van der Waals surface area contributed by atoms with Gasteiger partial charge in [-0.25, -0.2) is 0 Å². The molecule has 9 heteroatoms. The molecule has 0 aromatic heterocycles. The van der Waals surface area contributed by atoms with Gasteiger partial charge in [0.25, 0.3) is 11.6 Å². The maximum Gasteiger partial charge on any atom is 0.279 e. The fourth-order valence-electron chi connectivity index (χ4n) is 3.25. The first-order chi connectivity index (χ1) is 15.5. The minimum atomic E-state index is -0.502. The van der Waals surface area contributed by atoms with Gasteiger partial charge in [-0.15, -0.1) is 5.10 Å². The molecule has 0 radical (unpaired) electrons. The van der Waals surface area contributed by atoms with E-state index in [1.807, 2.05) is 6.07 Å². The molecule has 1 aliphatic rings. The molecule has 32 heavy (non-hydrogen) atoms. The van der Waals surface area contributed by atoms with Crippen LogP contribution in [0.4, 0.5) is 17.1 Å². The van der Waals surface area contributed by atoms with Gasteiger partial charge in [-0.3, -0.25) is 24.6 Å². The van der Waals surface area contributed by atoms with Crippen LogP contribution in [0.25, 0.3) is 0 Å². The van der Waals surface area contributed by atoms with E-state index in [9.17, 15) is 19.7 Å². The standard InChI is InChI=1S/C23H17N5O4/c29-21(25-17-8-2-1-3-9-17)15-27-20-12-5-4-11-19(20)22(23(27)30)26-24-14-16-7-6-10-18(13-16)28(31)32/h1-14H,15H2,(H,25,29)/b24-14-,26-22+. The van der Waals surface area contributed by atoms with E-state index in [2.05, 4.69) is 15.5 Å². The molecule has 0 fully saturated rings. The number of non-ortho nitro benzene ring substituents is 1. The van der Waals surface area contributed by atoms with Crippen molar-refractivity contribution in [2.45, 2.75) is 0 Å². The number of benzene rings is 3. The van der Waals surface area contributed by atoms with Gasteiger partial charge in [-0.05, 0) is 18.2 Å². The monoisotopic (exact) mass is 427 g/mol. The van der Waals surface area contributed by atoms with Crippen molar-refractivity contribution in [1.29, 1.82) is 0 Å². The van der Waals surface area contributed by atoms with E-state index in [1.54, 1.807) is 54.6 Å². The SMILES string of the molecule is O=C(CN1C(=O)/C(=N/N=C\c2cccc([N+](=O)[O-])c2)c2ccccc21)Nc1ccccc1. The number of nitrogens with one attached hydrogen (secondary N) is 1. The van der Waals surface area contributed by atoms with Crippen LogP contribution in [0.3, 0.4) is 0 Å². The molecule has 0 atom stereocenters. The number of amides is 2. The molecule has 0 saturated carbocycles. The molecule has 3 aromatic carbocycles. The average Bonchev–Trinajstić information content (AvgIpc) is 3.06. The second-order valence-electron chi connectivity index (χ2n) is 6.87. The second kappa shape index (κ2) is 9.00. The number of hydrogen-bond donors (Lipinski definition) is 1. The van der Waals surface area contributed by atoms with Crippen molar-refractivity contribution >= 4 is 40.8 Å². The number of nitro groups is 1. The number of nitro benzene ring substituents is 1. The lowest BCUT2D eigenvalue weighted by atomic mass is 10.1. The van der Waals surface area contributed by atoms with E-state index in [1.165, 1.54) is 29.3 Å². The zero-order valence-corrected chi connectivity index (χ0v) is 16.7. The molecule has 1 aliphatic heterocycles. The molecular weight excluding hydrogens is 410 g/mol. The minimum absolute atomic E-state index is 0.0699. The molecule has 3 aromatic rings. The lowest BCUT2D eigenvalue weighted by Gasteiger charge is -2.16. The van der Waals surface area contributed by atoms with E-state index < -0.39 is 10.8 Å². The van der Waals surface area contributed by atoms with Crippen LogP contribution in [0.2, 0.25) is 0 Å². The Morgan fingerprint density at radius 1 is 1.03 bits per heavy atom. The van der Waals surface area contributed by atoms with E-state index >= 15 is 0 Å². The zero-order valence-electron chi connectivity index (χ0n) is 16.7. The van der Waals surface area contributed by atoms with Gasteiger partial charge >= 0.3 is 0 Å². The fraction of sp³-hybridized carbons (Fsp3) is 0.0435. The predicted molar refractivity (Wildman–Crippen MR) is 121 cm³/mol. The van der Waals surface area contributed by atoms with Gasteiger partial charge in [0.15, 0.2) is 5.71 Å². The molecule has 0 spiro atoms. The molecule has 0 bridgehead atoms. The Bertz CT molecular complexity index is 1250. The van der Waals surface area contributed by atoms with Gasteiger partial charge in [0.05, 0.1) is 16.8 Å². The van der Waals surface area contributed by atoms with Gasteiger partial charge in [0, 0.05) is 28.9 Å². The summed E-state index contributed by atoms with van der Waals surface area (Å²) in [7, 11) is 0. The highest BCUT2D eigenvalue weighted by Gasteiger charge is 2.35. The fourth-order valence-corrected chi connectivity index (χ4v) is 3.25. The van der Waals surface area contributed by atoms with Gasteiger partial charge in [0.2, 0.25) is 5.91 Å². The molecule has 2 amide bonds. The Kier molecular flexibility index (Phi) is 5.80. The summed E-state index contributed by atoms with van der Waals surface area (Å²) < 4.78 is 0. The lowest BCUT2D eigenvalue weighted by Crippen LogP contribution is -2.37. The number of fused-ring (bicyclic) bond motifs is 1. The summed E-state index contributed by atoms with van der Waals surface area (Å²) in [6.45, 7) is -0.182. The topological polar surface area (TPSA) is 117 Å². The van der Waals surface area contributed by atoms with Crippen molar-refractivity contribution in [1.82, 2.24) is 0 Å². The summed E-state index contributed by atoms with van der Waals surface area (Å²) in [5, 5.41) is 21.7. The van der Waals surface area contributed by atoms with Crippen molar-refractivity contribution in [2.75, 3.05) is 16.8 Å². The van der Waals surface area contributed by atoms with Gasteiger partial charge in [-0.1, -0.05) is 48.5 Å². The Morgan fingerprint density at radius 3 is 2.56 bits per heavy atom. The van der Waals surface area contributed by atoms with Crippen LogP contribution in [-0.2, 0) is 9.59 Å². The first-order valence-electron chi connectivity index (χ1n) is 9.64. The molecule has 0 saturated heterocycles. The highest BCUT2D eigenvalue weighted by atomic mass is 16.6. The van der Waals surface area contributed by atoms with E-state index in [0.29, 0.717) is 22.5 Å². The lowest BCUT2D eigenvalue weighted by molar-refractivity contribution is -0.384. The molecule has 4 rings (SSSR count). The summed E-state index contributed by atoms with van der Waals surface area (Å²) in [6, 6.07) is 21.9. The molecule has 0 aliphatic carbocycles. The summed E-state index contributed by atoms with van der Waals surface area (Å²) in [5.41, 5.74) is 2.25. The van der Waals surface area contributed by atoms with Crippen LogP contribution < -0.4 is 10.2 Å². The minimum Gasteiger partial charge on any atom is -0.325 e. The molecule has 0 unspecified atom stereocenters. The van der Waals surface area contributed by atoms with Crippen molar-refractivity contribution in [3.05, 3.63) is 100 Å². The van der Waals surface area contributed by atoms with E-state index in [0.717, 1.165) is 0 Å². The highest BCUT2D eigenvalue weighted by Crippen LogP contribution is 2.29. The summed E-state index contributed by atoms with van der Waals surface area (Å²) in [4.78, 5) is 37.2. The van der Waals surface area contributed by atoms with Crippen molar-refractivity contribution in [2.24, 2.45) is 10.2 Å². The maximum atomic E-state index is 13.0. The number of rotatable bonds is 6. The third kappa shape index (κ3) is 4.41. The Labute approximate surface area is 182 Å². The van der Waals surface area contributed by atoms with Crippen molar-refractivity contribution in [3.63, 3.8) is 0 Å². The Balaban J connectivity index is 1.55. The van der Waals surface area contributed by atoms with Crippen molar-refractivity contribution < 1.29 is 14.5 Å². The molecular formula is C23H17N5O4. The largest absolute Gasteiger partial charge is 0.325 e. The quantitative estimate of drug-likeness (QED) is 0.368. The number of hydrogen-bond acceptors (Lipinski definition) is 6. The molecule has 1 N–H and O–H groups in total. The van der Waals surface area contributed by atoms with Crippen LogP contribution in [0, 0.1) is 10.1 Å². The first-order valence-corrected chi connectivity index (χ1v) is 9.64. The van der Waals surface area contributed by atoms with Crippen LogP contribution >= 0.6 is 0 Å². The Morgan fingerprint density at radius 2 is 1.78 bits per heavy atom. The summed E-state index contributed by atoms with van der Waals surface area (Å²) >= 11 is 0. The second-order valence-corrected chi connectivity index (χ2v) is 6.87. The highest BCUT2D eigenvalue weighted by molar-refractivity contribution is 6.54. The van der Waals surface area contributed by atoms with Gasteiger partial charge in [0.1, 0.15) is 6.54 Å². The average molecular weight is 427 g/mol. The van der Waals surface area contributed by atoms with Crippen LogP contribution in [0.5, 0.6) is 0 Å². The first kappa shape index (κ1) is 20.6. The van der Waals surface area contributed by atoms with E-state index in [-0.39, 0.29) is 23.9 Å². The van der Waals surface area contributed by atoms with Crippen LogP contribution in [0.15, 0.2) is 89.1 Å². The molecule has 158 valence electrons.